The third kappa shape index (κ3) is 8.80. The van der Waals surface area contributed by atoms with Gasteiger partial charge in [0.25, 0.3) is 11.8 Å². The third-order valence-corrected chi connectivity index (χ3v) is 12.0. The molecule has 4 aromatic carbocycles. The summed E-state index contributed by atoms with van der Waals surface area (Å²) in [6.07, 6.45) is 2.15. The molecular formula is C48H50F4N8O2. The van der Waals surface area contributed by atoms with Crippen molar-refractivity contribution in [2.45, 2.75) is 69.6 Å². The van der Waals surface area contributed by atoms with Crippen LogP contribution in [-0.2, 0) is 9.59 Å². The van der Waals surface area contributed by atoms with E-state index in [1.807, 2.05) is 135 Å². The Bertz CT molecular complexity index is 2450. The number of alkyl halides is 4. The predicted molar refractivity (Wildman–Crippen MR) is 230 cm³/mol. The van der Waals surface area contributed by atoms with Crippen molar-refractivity contribution in [1.29, 1.82) is 0 Å². The van der Waals surface area contributed by atoms with Crippen LogP contribution < -0.4 is 5.32 Å². The summed E-state index contributed by atoms with van der Waals surface area (Å²) < 4.78 is 60.1. The smallest absolute Gasteiger partial charge is 0.267 e. The molecule has 62 heavy (non-hydrogen) atoms. The molecule has 2 aliphatic heterocycles. The quantitative estimate of drug-likeness (QED) is 0.0943. The largest absolute Gasteiger partial charge is 0.340 e. The van der Waals surface area contributed by atoms with Crippen LogP contribution in [0.2, 0.25) is 0 Å². The minimum Gasteiger partial charge on any atom is -0.340 e. The highest BCUT2D eigenvalue weighted by atomic mass is 19.3. The molecule has 6 aromatic rings. The number of carbonyl (C=O) groups excluding carboxylic acids is 2. The van der Waals surface area contributed by atoms with E-state index in [2.05, 4.69) is 25.3 Å². The van der Waals surface area contributed by atoms with Gasteiger partial charge < -0.3 is 25.1 Å². The lowest BCUT2D eigenvalue weighted by Crippen LogP contribution is -2.43. The number of carbonyl (C=O) groups is 2. The molecule has 4 atom stereocenters. The summed E-state index contributed by atoms with van der Waals surface area (Å²) in [6.45, 7) is 6.05. The van der Waals surface area contributed by atoms with Crippen molar-refractivity contribution in [2.24, 2.45) is 0 Å². The number of likely N-dealkylation sites (N-methyl/N-ethyl adjacent to an activating group) is 2. The molecule has 4 heterocycles. The normalized spacial score (nSPS) is 19.2. The SMILES string of the molecule is CCN[C@@H](C(=O)N1CC(F)(F)C[C@H]1c1ncc(-c2ccc(-c3ccc(-c4cnc([C@@H]5CC(F)(F)CN5C(=O)C(c5ccccc5)N(CC)CC)[nH]4)cc3)cc2)[nH]1)c1ccccc1. The summed E-state index contributed by atoms with van der Waals surface area (Å²) in [7, 11) is 0. The minimum atomic E-state index is -3.07. The van der Waals surface area contributed by atoms with E-state index in [4.69, 9.17) is 0 Å². The number of amides is 2. The number of halogens is 4. The van der Waals surface area contributed by atoms with Crippen LogP contribution in [0.4, 0.5) is 17.6 Å². The first-order valence-corrected chi connectivity index (χ1v) is 21.1. The van der Waals surface area contributed by atoms with Gasteiger partial charge in [0.15, 0.2) is 0 Å². The molecule has 2 saturated heterocycles. The summed E-state index contributed by atoms with van der Waals surface area (Å²) in [5, 5.41) is 3.16. The molecule has 8 rings (SSSR count). The monoisotopic (exact) mass is 846 g/mol. The van der Waals surface area contributed by atoms with E-state index in [1.165, 1.54) is 9.80 Å². The average Bonchev–Trinajstić information content (AvgIpc) is 4.10. The Morgan fingerprint density at radius 1 is 0.645 bits per heavy atom. The molecule has 2 fully saturated rings. The zero-order valence-corrected chi connectivity index (χ0v) is 34.9. The molecule has 0 aliphatic carbocycles. The summed E-state index contributed by atoms with van der Waals surface area (Å²) in [5.74, 6) is -6.33. The molecule has 3 N–H and O–H groups in total. The topological polar surface area (TPSA) is 113 Å². The van der Waals surface area contributed by atoms with Crippen LogP contribution in [0.15, 0.2) is 122 Å². The number of benzene rings is 4. The van der Waals surface area contributed by atoms with Crippen LogP contribution in [0.1, 0.15) is 80.6 Å². The van der Waals surface area contributed by atoms with Crippen LogP contribution in [0.25, 0.3) is 33.6 Å². The summed E-state index contributed by atoms with van der Waals surface area (Å²) in [4.78, 5) is 47.9. The maximum Gasteiger partial charge on any atom is 0.267 e. The fourth-order valence-corrected chi connectivity index (χ4v) is 8.83. The van der Waals surface area contributed by atoms with Crippen molar-refractivity contribution in [3.8, 4) is 33.6 Å². The second-order valence-electron chi connectivity index (χ2n) is 16.0. The zero-order valence-electron chi connectivity index (χ0n) is 34.9. The van der Waals surface area contributed by atoms with Crippen molar-refractivity contribution in [1.82, 2.24) is 40.0 Å². The van der Waals surface area contributed by atoms with Gasteiger partial charge in [-0.3, -0.25) is 14.5 Å². The molecule has 0 saturated carbocycles. The lowest BCUT2D eigenvalue weighted by Gasteiger charge is -2.34. The predicted octanol–water partition coefficient (Wildman–Crippen LogP) is 9.39. The van der Waals surface area contributed by atoms with E-state index >= 15 is 8.78 Å². The molecule has 2 aliphatic rings. The lowest BCUT2D eigenvalue weighted by molar-refractivity contribution is -0.139. The molecule has 1 unspecified atom stereocenters. The number of imidazole rings is 2. The van der Waals surface area contributed by atoms with Gasteiger partial charge >= 0.3 is 0 Å². The standard InChI is InChI=1S/C48H50F4N8O2/c1-4-53-41(35-13-9-7-10-14-35)45(61)59-29-47(49,50)25-39(59)43-54-27-37(56-43)33-21-17-31(18-22-33)32-19-23-34(24-20-32)38-28-55-44(57-38)40-26-48(51,52)30-60(40)46(62)42(58(5-2)6-3)36-15-11-8-12-16-36/h7-24,27-28,39-42,53H,4-6,25-26,29-30H2,1-3H3,(H,54,56)(H,55,57)/t39-,40-,41+,42?/m0/s1. The summed E-state index contributed by atoms with van der Waals surface area (Å²) in [5.41, 5.74) is 6.19. The second-order valence-corrected chi connectivity index (χ2v) is 16.0. The van der Waals surface area contributed by atoms with Gasteiger partial charge in [-0.05, 0) is 53.0 Å². The maximum absolute atomic E-state index is 15.1. The Balaban J connectivity index is 0.963. The van der Waals surface area contributed by atoms with Crippen molar-refractivity contribution in [2.75, 3.05) is 32.7 Å². The number of aromatic nitrogens is 4. The molecule has 2 amide bonds. The Labute approximate surface area is 358 Å². The number of H-pyrrole nitrogens is 2. The number of nitrogens with zero attached hydrogens (tertiary/aromatic N) is 5. The summed E-state index contributed by atoms with van der Waals surface area (Å²) >= 11 is 0. The lowest BCUT2D eigenvalue weighted by atomic mass is 10.0. The number of nitrogens with one attached hydrogen (secondary N) is 3. The molecule has 0 radical (unpaired) electrons. The third-order valence-electron chi connectivity index (χ3n) is 12.0. The molecule has 14 heteroatoms. The Morgan fingerprint density at radius 2 is 1.06 bits per heavy atom. The molecular weight excluding hydrogens is 797 g/mol. The van der Waals surface area contributed by atoms with Crippen molar-refractivity contribution < 1.29 is 27.2 Å². The number of hydrogen-bond acceptors (Lipinski definition) is 6. The molecule has 0 bridgehead atoms. The van der Waals surface area contributed by atoms with E-state index in [-0.39, 0.29) is 5.91 Å². The summed E-state index contributed by atoms with van der Waals surface area (Å²) in [6, 6.07) is 30.5. The second kappa shape index (κ2) is 17.7. The molecule has 2 aromatic heterocycles. The Kier molecular flexibility index (Phi) is 12.2. The fourth-order valence-electron chi connectivity index (χ4n) is 8.83. The van der Waals surface area contributed by atoms with Crippen LogP contribution >= 0.6 is 0 Å². The highest BCUT2D eigenvalue weighted by Crippen LogP contribution is 2.44. The molecule has 0 spiro atoms. The van der Waals surface area contributed by atoms with E-state index in [0.717, 1.165) is 27.8 Å². The van der Waals surface area contributed by atoms with E-state index in [0.29, 0.717) is 48.2 Å². The molecule has 322 valence electrons. The first-order valence-electron chi connectivity index (χ1n) is 21.1. The van der Waals surface area contributed by atoms with Crippen molar-refractivity contribution in [3.05, 3.63) is 144 Å². The Morgan fingerprint density at radius 3 is 1.50 bits per heavy atom. The minimum absolute atomic E-state index is 0.299. The maximum atomic E-state index is 15.1. The highest BCUT2D eigenvalue weighted by molar-refractivity contribution is 5.85. The van der Waals surface area contributed by atoms with Gasteiger partial charge in [-0.2, -0.15) is 0 Å². The van der Waals surface area contributed by atoms with Gasteiger partial charge in [0.1, 0.15) is 23.7 Å². The van der Waals surface area contributed by atoms with Crippen LogP contribution in [0.3, 0.4) is 0 Å². The van der Waals surface area contributed by atoms with Crippen LogP contribution in [0, 0.1) is 0 Å². The van der Waals surface area contributed by atoms with Crippen molar-refractivity contribution in [3.63, 3.8) is 0 Å². The number of rotatable bonds is 14. The van der Waals surface area contributed by atoms with Gasteiger partial charge in [0, 0.05) is 12.8 Å². The number of aromatic amines is 2. The van der Waals surface area contributed by atoms with E-state index in [1.54, 1.807) is 12.4 Å². The Hall–Kier alpha value is -6.12. The average molecular weight is 847 g/mol. The van der Waals surface area contributed by atoms with Gasteiger partial charge in [-0.25, -0.2) is 27.5 Å². The van der Waals surface area contributed by atoms with Gasteiger partial charge in [-0.1, -0.05) is 130 Å². The van der Waals surface area contributed by atoms with Crippen molar-refractivity contribution >= 4 is 11.8 Å². The first kappa shape index (κ1) is 42.6. The van der Waals surface area contributed by atoms with E-state index in [9.17, 15) is 18.4 Å². The van der Waals surface area contributed by atoms with Crippen LogP contribution in [0.5, 0.6) is 0 Å². The van der Waals surface area contributed by atoms with Crippen LogP contribution in [-0.4, -0.2) is 91.0 Å². The number of likely N-dealkylation sites (tertiary alicyclic amines) is 2. The first-order chi connectivity index (χ1) is 29.9. The van der Waals surface area contributed by atoms with Gasteiger partial charge in [0.05, 0.1) is 49.0 Å². The highest BCUT2D eigenvalue weighted by Gasteiger charge is 2.51. The fraction of sp³-hybridized carbons (Fsp3) is 0.333. The number of hydrogen-bond donors (Lipinski definition) is 3. The zero-order chi connectivity index (χ0) is 43.6. The van der Waals surface area contributed by atoms with E-state index < -0.39 is 67.9 Å². The van der Waals surface area contributed by atoms with Gasteiger partial charge in [-0.15, -0.1) is 0 Å². The molecule has 10 nitrogen and oxygen atoms in total. The van der Waals surface area contributed by atoms with Gasteiger partial charge in [0.2, 0.25) is 11.8 Å².